The van der Waals surface area contributed by atoms with Gasteiger partial charge in [0.1, 0.15) is 5.75 Å². The SMILES string of the molecule is COc1cc(C(=O)NC[C@H](C)O)ccc1N. The average Bonchev–Trinajstić information content (AvgIpc) is 2.26. The predicted octanol–water partition coefficient (Wildman–Crippen LogP) is 0.388. The smallest absolute Gasteiger partial charge is 0.251 e. The first-order valence-electron chi connectivity index (χ1n) is 4.94. The summed E-state index contributed by atoms with van der Waals surface area (Å²) in [5.74, 6) is 0.198. The number of anilines is 1. The van der Waals surface area contributed by atoms with Crippen LogP contribution in [-0.4, -0.2) is 30.8 Å². The van der Waals surface area contributed by atoms with Crippen LogP contribution in [0.4, 0.5) is 5.69 Å². The number of aliphatic hydroxyl groups is 1. The molecule has 5 nitrogen and oxygen atoms in total. The molecule has 16 heavy (non-hydrogen) atoms. The van der Waals surface area contributed by atoms with Crippen LogP contribution in [0.25, 0.3) is 0 Å². The summed E-state index contributed by atoms with van der Waals surface area (Å²) in [6.07, 6.45) is -0.570. The van der Waals surface area contributed by atoms with E-state index in [1.165, 1.54) is 7.11 Å². The number of carbonyl (C=O) groups excluding carboxylic acids is 1. The Morgan fingerprint density at radius 1 is 1.62 bits per heavy atom. The molecule has 0 saturated heterocycles. The zero-order valence-corrected chi connectivity index (χ0v) is 9.36. The van der Waals surface area contributed by atoms with E-state index in [9.17, 15) is 4.79 Å². The van der Waals surface area contributed by atoms with Crippen molar-refractivity contribution in [1.29, 1.82) is 0 Å². The number of methoxy groups -OCH3 is 1. The van der Waals surface area contributed by atoms with Gasteiger partial charge in [0.15, 0.2) is 0 Å². The maximum Gasteiger partial charge on any atom is 0.251 e. The van der Waals surface area contributed by atoms with Crippen molar-refractivity contribution in [2.24, 2.45) is 0 Å². The third-order valence-electron chi connectivity index (χ3n) is 2.05. The number of aliphatic hydroxyl groups excluding tert-OH is 1. The van der Waals surface area contributed by atoms with E-state index in [4.69, 9.17) is 15.6 Å². The van der Waals surface area contributed by atoms with E-state index >= 15 is 0 Å². The Hall–Kier alpha value is -1.75. The van der Waals surface area contributed by atoms with E-state index in [2.05, 4.69) is 5.32 Å². The minimum atomic E-state index is -0.570. The topological polar surface area (TPSA) is 84.6 Å². The van der Waals surface area contributed by atoms with Gasteiger partial charge in [0.25, 0.3) is 5.91 Å². The Kier molecular flexibility index (Phi) is 4.13. The van der Waals surface area contributed by atoms with Crippen LogP contribution in [0.15, 0.2) is 18.2 Å². The van der Waals surface area contributed by atoms with Gasteiger partial charge in [-0.3, -0.25) is 4.79 Å². The molecule has 0 spiro atoms. The standard InChI is InChI=1S/C11H16N2O3/c1-7(14)6-13-11(15)8-3-4-9(12)10(5-8)16-2/h3-5,7,14H,6,12H2,1-2H3,(H,13,15)/t7-/m0/s1. The number of nitrogens with one attached hydrogen (secondary N) is 1. The van der Waals surface area contributed by atoms with Gasteiger partial charge in [-0.25, -0.2) is 0 Å². The quantitative estimate of drug-likeness (QED) is 0.646. The number of ether oxygens (including phenoxy) is 1. The Bertz CT molecular complexity index is 377. The summed E-state index contributed by atoms with van der Waals surface area (Å²) in [5, 5.41) is 11.6. The Labute approximate surface area is 94.2 Å². The molecule has 4 N–H and O–H groups in total. The van der Waals surface area contributed by atoms with Gasteiger partial charge in [0.05, 0.1) is 18.9 Å². The number of hydrogen-bond acceptors (Lipinski definition) is 4. The molecule has 88 valence electrons. The number of benzene rings is 1. The van der Waals surface area contributed by atoms with Gasteiger partial charge in [-0.1, -0.05) is 0 Å². The van der Waals surface area contributed by atoms with Crippen LogP contribution < -0.4 is 15.8 Å². The molecule has 0 saturated carbocycles. The van der Waals surface area contributed by atoms with Crippen molar-refractivity contribution >= 4 is 11.6 Å². The van der Waals surface area contributed by atoms with Crippen molar-refractivity contribution in [3.63, 3.8) is 0 Å². The van der Waals surface area contributed by atoms with E-state index in [0.717, 1.165) is 0 Å². The van der Waals surface area contributed by atoms with E-state index < -0.39 is 6.10 Å². The molecule has 0 unspecified atom stereocenters. The molecule has 1 atom stereocenters. The number of amides is 1. The highest BCUT2D eigenvalue weighted by Crippen LogP contribution is 2.21. The summed E-state index contributed by atoms with van der Waals surface area (Å²) in [6.45, 7) is 1.81. The van der Waals surface area contributed by atoms with E-state index in [1.807, 2.05) is 0 Å². The molecule has 0 radical (unpaired) electrons. The lowest BCUT2D eigenvalue weighted by Crippen LogP contribution is -2.30. The molecule has 0 fully saturated rings. The largest absolute Gasteiger partial charge is 0.495 e. The van der Waals surface area contributed by atoms with E-state index in [-0.39, 0.29) is 12.5 Å². The zero-order valence-electron chi connectivity index (χ0n) is 9.36. The second kappa shape index (κ2) is 5.37. The second-order valence-corrected chi connectivity index (χ2v) is 3.52. The molecule has 0 aliphatic rings. The molecule has 0 heterocycles. The lowest BCUT2D eigenvalue weighted by atomic mass is 10.1. The van der Waals surface area contributed by atoms with Gasteiger partial charge in [-0.15, -0.1) is 0 Å². The van der Waals surface area contributed by atoms with Gasteiger partial charge < -0.3 is 20.9 Å². The number of nitrogen functional groups attached to an aromatic ring is 1. The van der Waals surface area contributed by atoms with Crippen LogP contribution in [0.2, 0.25) is 0 Å². The summed E-state index contributed by atoms with van der Waals surface area (Å²) in [5.41, 5.74) is 6.56. The highest BCUT2D eigenvalue weighted by atomic mass is 16.5. The first-order valence-corrected chi connectivity index (χ1v) is 4.94. The first kappa shape index (κ1) is 12.3. The maximum atomic E-state index is 11.6. The molecule has 0 aliphatic carbocycles. The molecule has 0 aliphatic heterocycles. The average molecular weight is 224 g/mol. The third-order valence-corrected chi connectivity index (χ3v) is 2.05. The molecule has 1 rings (SSSR count). The summed E-state index contributed by atoms with van der Waals surface area (Å²) in [6, 6.07) is 4.78. The van der Waals surface area contributed by atoms with Crippen molar-refractivity contribution < 1.29 is 14.6 Å². The number of carbonyl (C=O) groups is 1. The number of hydrogen-bond donors (Lipinski definition) is 3. The summed E-state index contributed by atoms with van der Waals surface area (Å²) in [7, 11) is 1.49. The summed E-state index contributed by atoms with van der Waals surface area (Å²) in [4.78, 5) is 11.6. The fraction of sp³-hybridized carbons (Fsp3) is 0.364. The number of nitrogens with two attached hydrogens (primary N) is 1. The summed E-state index contributed by atoms with van der Waals surface area (Å²) >= 11 is 0. The predicted molar refractivity (Wildman–Crippen MR) is 61.4 cm³/mol. The summed E-state index contributed by atoms with van der Waals surface area (Å²) < 4.78 is 5.01. The Morgan fingerprint density at radius 2 is 2.31 bits per heavy atom. The van der Waals surface area contributed by atoms with Gasteiger partial charge in [-0.2, -0.15) is 0 Å². The van der Waals surface area contributed by atoms with E-state index in [0.29, 0.717) is 17.0 Å². The second-order valence-electron chi connectivity index (χ2n) is 3.52. The normalized spacial score (nSPS) is 11.9. The molecule has 1 amide bonds. The minimum absolute atomic E-state index is 0.214. The first-order chi connectivity index (χ1) is 7.54. The lowest BCUT2D eigenvalue weighted by molar-refractivity contribution is 0.0923. The Balaban J connectivity index is 2.76. The van der Waals surface area contributed by atoms with Crippen LogP contribution in [0.5, 0.6) is 5.75 Å². The van der Waals surface area contributed by atoms with Crippen molar-refractivity contribution in [3.8, 4) is 5.75 Å². The van der Waals surface area contributed by atoms with Crippen LogP contribution >= 0.6 is 0 Å². The molecule has 5 heteroatoms. The van der Waals surface area contributed by atoms with Crippen LogP contribution in [0.1, 0.15) is 17.3 Å². The molecule has 1 aromatic rings. The molecule has 0 aromatic heterocycles. The Morgan fingerprint density at radius 3 is 2.88 bits per heavy atom. The van der Waals surface area contributed by atoms with E-state index in [1.54, 1.807) is 25.1 Å². The van der Waals surface area contributed by atoms with Gasteiger partial charge in [0, 0.05) is 12.1 Å². The van der Waals surface area contributed by atoms with Crippen molar-refractivity contribution in [3.05, 3.63) is 23.8 Å². The van der Waals surface area contributed by atoms with Gasteiger partial charge >= 0.3 is 0 Å². The highest BCUT2D eigenvalue weighted by molar-refractivity contribution is 5.95. The van der Waals surface area contributed by atoms with Gasteiger partial charge in [-0.05, 0) is 25.1 Å². The molecular weight excluding hydrogens is 208 g/mol. The minimum Gasteiger partial charge on any atom is -0.495 e. The fourth-order valence-corrected chi connectivity index (χ4v) is 1.19. The molecule has 0 bridgehead atoms. The highest BCUT2D eigenvalue weighted by Gasteiger charge is 2.09. The number of rotatable bonds is 4. The van der Waals surface area contributed by atoms with Crippen molar-refractivity contribution in [2.75, 3.05) is 19.4 Å². The monoisotopic (exact) mass is 224 g/mol. The van der Waals surface area contributed by atoms with Crippen LogP contribution in [-0.2, 0) is 0 Å². The van der Waals surface area contributed by atoms with Crippen molar-refractivity contribution in [1.82, 2.24) is 5.32 Å². The lowest BCUT2D eigenvalue weighted by Gasteiger charge is -2.09. The van der Waals surface area contributed by atoms with Gasteiger partial charge in [0.2, 0.25) is 0 Å². The third kappa shape index (κ3) is 3.13. The van der Waals surface area contributed by atoms with Crippen molar-refractivity contribution in [2.45, 2.75) is 13.0 Å². The molecular formula is C11H16N2O3. The zero-order chi connectivity index (χ0) is 12.1. The van der Waals surface area contributed by atoms with Crippen LogP contribution in [0.3, 0.4) is 0 Å². The molecule has 1 aromatic carbocycles. The maximum absolute atomic E-state index is 11.6. The van der Waals surface area contributed by atoms with Crippen LogP contribution in [0, 0.1) is 0 Å². The fourth-order valence-electron chi connectivity index (χ4n) is 1.19.